The van der Waals surface area contributed by atoms with E-state index in [4.69, 9.17) is 0 Å². The molecule has 1 aromatic rings. The van der Waals surface area contributed by atoms with Gasteiger partial charge in [-0.15, -0.1) is 0 Å². The molecule has 2 rings (SSSR count). The Labute approximate surface area is 125 Å². The molecule has 5 heteroatoms. The number of rotatable bonds is 4. The molecule has 5 nitrogen and oxygen atoms in total. The van der Waals surface area contributed by atoms with Crippen LogP contribution in [0.3, 0.4) is 0 Å². The average molecular weight is 289 g/mol. The number of hydrogen-bond acceptors (Lipinski definition) is 3. The van der Waals surface area contributed by atoms with E-state index in [-0.39, 0.29) is 24.5 Å². The first kappa shape index (κ1) is 15.5. The van der Waals surface area contributed by atoms with Gasteiger partial charge >= 0.3 is 6.03 Å². The van der Waals surface area contributed by atoms with Crippen LogP contribution in [-0.4, -0.2) is 48.9 Å². The molecule has 1 aliphatic rings. The lowest BCUT2D eigenvalue weighted by Crippen LogP contribution is -2.39. The van der Waals surface area contributed by atoms with Crippen LogP contribution in [0.1, 0.15) is 28.3 Å². The van der Waals surface area contributed by atoms with Crippen molar-refractivity contribution < 1.29 is 9.59 Å². The Hall–Kier alpha value is -1.88. The van der Waals surface area contributed by atoms with Crippen molar-refractivity contribution in [2.24, 2.45) is 0 Å². The quantitative estimate of drug-likeness (QED) is 0.859. The lowest BCUT2D eigenvalue weighted by molar-refractivity contribution is -0.125. The summed E-state index contributed by atoms with van der Waals surface area (Å²) in [5, 5.41) is 3.24. The predicted octanol–water partition coefficient (Wildman–Crippen LogP) is 1.77. The molecular formula is C16H23N3O2. The van der Waals surface area contributed by atoms with Crippen molar-refractivity contribution in [1.29, 1.82) is 0 Å². The second kappa shape index (κ2) is 5.85. The highest BCUT2D eigenvalue weighted by molar-refractivity contribution is 6.01. The molecule has 1 saturated heterocycles. The number of nitrogens with one attached hydrogen (secondary N) is 1. The lowest BCUT2D eigenvalue weighted by Gasteiger charge is -2.25. The van der Waals surface area contributed by atoms with Gasteiger partial charge in [-0.3, -0.25) is 9.69 Å². The standard InChI is InChI=1S/C16H23N3O2/c1-10-6-11(2)15(12(3)7-10)13(17-4)8-19-14(20)9-18(5)16(19)21/h6-7,13,17H,8-9H2,1-5H3. The maximum atomic E-state index is 12.0. The number of urea groups is 1. The monoisotopic (exact) mass is 289 g/mol. The minimum atomic E-state index is -0.220. The Bertz CT molecular complexity index is 560. The van der Waals surface area contributed by atoms with Crippen LogP contribution in [0.25, 0.3) is 0 Å². The SMILES string of the molecule is CNC(CN1C(=O)CN(C)C1=O)c1c(C)cc(C)cc1C. The van der Waals surface area contributed by atoms with Crippen molar-refractivity contribution in [3.8, 4) is 0 Å². The van der Waals surface area contributed by atoms with Crippen molar-refractivity contribution in [3.63, 3.8) is 0 Å². The van der Waals surface area contributed by atoms with Crippen LogP contribution < -0.4 is 5.32 Å². The van der Waals surface area contributed by atoms with E-state index in [1.165, 1.54) is 32.1 Å². The van der Waals surface area contributed by atoms with Crippen LogP contribution in [0.5, 0.6) is 0 Å². The number of likely N-dealkylation sites (N-methyl/N-ethyl adjacent to an activating group) is 2. The van der Waals surface area contributed by atoms with Gasteiger partial charge in [-0.2, -0.15) is 0 Å². The summed E-state index contributed by atoms with van der Waals surface area (Å²) in [6, 6.07) is 3.99. The van der Waals surface area contributed by atoms with E-state index in [2.05, 4.69) is 38.2 Å². The molecule has 1 aromatic carbocycles. The summed E-state index contributed by atoms with van der Waals surface area (Å²) in [5.41, 5.74) is 4.74. The van der Waals surface area contributed by atoms with Crippen LogP contribution in [0.2, 0.25) is 0 Å². The third-order valence-electron chi connectivity index (χ3n) is 4.03. The molecule has 0 bridgehead atoms. The van der Waals surface area contributed by atoms with Crippen LogP contribution in [-0.2, 0) is 4.79 Å². The molecule has 1 unspecified atom stereocenters. The van der Waals surface area contributed by atoms with E-state index in [0.29, 0.717) is 6.54 Å². The fourth-order valence-corrected chi connectivity index (χ4v) is 3.10. The maximum absolute atomic E-state index is 12.0. The Morgan fingerprint density at radius 1 is 1.19 bits per heavy atom. The topological polar surface area (TPSA) is 52.7 Å². The predicted molar refractivity (Wildman–Crippen MR) is 82.2 cm³/mol. The molecule has 1 N–H and O–H groups in total. The van der Waals surface area contributed by atoms with Crippen molar-refractivity contribution in [2.45, 2.75) is 26.8 Å². The van der Waals surface area contributed by atoms with Crippen LogP contribution in [0, 0.1) is 20.8 Å². The number of hydrogen-bond donors (Lipinski definition) is 1. The molecule has 114 valence electrons. The summed E-state index contributed by atoms with van der Waals surface area (Å²) in [7, 11) is 3.51. The molecule has 21 heavy (non-hydrogen) atoms. The minimum absolute atomic E-state index is 0.0509. The number of carbonyl (C=O) groups excluding carboxylic acids is 2. The largest absolute Gasteiger partial charge is 0.327 e. The van der Waals surface area contributed by atoms with Crippen molar-refractivity contribution in [1.82, 2.24) is 15.1 Å². The summed E-state index contributed by atoms with van der Waals surface area (Å²) in [6.45, 7) is 6.74. The molecule has 3 amide bonds. The Balaban J connectivity index is 2.29. The third kappa shape index (κ3) is 2.93. The van der Waals surface area contributed by atoms with Gasteiger partial charge < -0.3 is 10.2 Å². The zero-order valence-corrected chi connectivity index (χ0v) is 13.4. The van der Waals surface area contributed by atoms with E-state index >= 15 is 0 Å². The van der Waals surface area contributed by atoms with Gasteiger partial charge in [0.15, 0.2) is 0 Å². The zero-order valence-electron chi connectivity index (χ0n) is 13.4. The number of amides is 3. The van der Waals surface area contributed by atoms with E-state index < -0.39 is 0 Å². The first-order valence-electron chi connectivity index (χ1n) is 7.15. The number of aryl methyl sites for hydroxylation is 3. The molecule has 0 saturated carbocycles. The zero-order chi connectivity index (χ0) is 15.7. The maximum Gasteiger partial charge on any atom is 0.327 e. The third-order valence-corrected chi connectivity index (χ3v) is 4.03. The highest BCUT2D eigenvalue weighted by Crippen LogP contribution is 2.25. The Morgan fingerprint density at radius 3 is 2.19 bits per heavy atom. The first-order valence-corrected chi connectivity index (χ1v) is 7.15. The van der Waals surface area contributed by atoms with Gasteiger partial charge in [-0.25, -0.2) is 4.79 Å². The summed E-state index contributed by atoms with van der Waals surface area (Å²) in [4.78, 5) is 26.7. The van der Waals surface area contributed by atoms with Gasteiger partial charge in [0.2, 0.25) is 5.91 Å². The molecule has 0 radical (unpaired) electrons. The van der Waals surface area contributed by atoms with Gasteiger partial charge in [0, 0.05) is 7.05 Å². The molecule has 1 atom stereocenters. The summed E-state index contributed by atoms with van der Waals surface area (Å²) < 4.78 is 0. The van der Waals surface area contributed by atoms with Gasteiger partial charge in [-0.05, 0) is 44.5 Å². The lowest BCUT2D eigenvalue weighted by atomic mass is 9.94. The van der Waals surface area contributed by atoms with E-state index in [1.807, 2.05) is 7.05 Å². The molecule has 1 aliphatic heterocycles. The van der Waals surface area contributed by atoms with E-state index in [0.717, 1.165) is 0 Å². The van der Waals surface area contributed by atoms with Gasteiger partial charge in [-0.1, -0.05) is 17.7 Å². The van der Waals surface area contributed by atoms with Crippen molar-refractivity contribution in [3.05, 3.63) is 34.4 Å². The smallest absolute Gasteiger partial charge is 0.318 e. The number of nitrogens with zero attached hydrogens (tertiary/aromatic N) is 2. The summed E-state index contributed by atoms with van der Waals surface area (Å²) >= 11 is 0. The van der Waals surface area contributed by atoms with Gasteiger partial charge in [0.05, 0.1) is 12.6 Å². The molecule has 0 aromatic heterocycles. The Kier molecular flexibility index (Phi) is 4.32. The highest BCUT2D eigenvalue weighted by atomic mass is 16.2. The normalized spacial score (nSPS) is 16.8. The van der Waals surface area contributed by atoms with E-state index in [1.54, 1.807) is 7.05 Å². The van der Waals surface area contributed by atoms with Crippen LogP contribution in [0.15, 0.2) is 12.1 Å². The minimum Gasteiger partial charge on any atom is -0.318 e. The summed E-state index contributed by atoms with van der Waals surface area (Å²) in [5.74, 6) is -0.134. The number of benzene rings is 1. The van der Waals surface area contributed by atoms with E-state index in [9.17, 15) is 9.59 Å². The molecular weight excluding hydrogens is 266 g/mol. The molecule has 0 spiro atoms. The number of imide groups is 1. The van der Waals surface area contributed by atoms with Gasteiger partial charge in [0.25, 0.3) is 0 Å². The second-order valence-corrected chi connectivity index (χ2v) is 5.80. The highest BCUT2D eigenvalue weighted by Gasteiger charge is 2.35. The molecule has 1 fully saturated rings. The average Bonchev–Trinajstić information content (AvgIpc) is 2.62. The Morgan fingerprint density at radius 2 is 1.76 bits per heavy atom. The van der Waals surface area contributed by atoms with Crippen LogP contribution in [0.4, 0.5) is 4.79 Å². The van der Waals surface area contributed by atoms with Crippen molar-refractivity contribution in [2.75, 3.05) is 27.2 Å². The van der Waals surface area contributed by atoms with Crippen LogP contribution >= 0.6 is 0 Å². The van der Waals surface area contributed by atoms with Gasteiger partial charge in [0.1, 0.15) is 6.54 Å². The molecule has 0 aliphatic carbocycles. The molecule has 1 heterocycles. The van der Waals surface area contributed by atoms with Crippen molar-refractivity contribution >= 4 is 11.9 Å². The fraction of sp³-hybridized carbons (Fsp3) is 0.500. The fourth-order valence-electron chi connectivity index (χ4n) is 3.10. The summed E-state index contributed by atoms with van der Waals surface area (Å²) in [6.07, 6.45) is 0. The second-order valence-electron chi connectivity index (χ2n) is 5.80. The number of carbonyl (C=O) groups is 2. The first-order chi connectivity index (χ1) is 9.85.